The molecule has 3 aromatic rings. The minimum Gasteiger partial charge on any atom is -0.326 e. The monoisotopic (exact) mass is 301 g/mol. The van der Waals surface area contributed by atoms with Crippen LogP contribution in [0.3, 0.4) is 0 Å². The smallest absolute Gasteiger partial charge is 0.143 e. The third-order valence-corrected chi connectivity index (χ3v) is 4.36. The van der Waals surface area contributed by atoms with Crippen molar-refractivity contribution in [2.45, 2.75) is 26.8 Å². The molecule has 5 heteroatoms. The van der Waals surface area contributed by atoms with Gasteiger partial charge >= 0.3 is 0 Å². The standard InChI is InChI=1S/C16H16FN3S/c1-3-14-15(21-11(2)19-14)10-20-9-8-18-16(20)12-6-4-5-7-13(12)17/h4-9H,3,10H2,1-2H3. The van der Waals surface area contributed by atoms with Crippen molar-refractivity contribution in [3.8, 4) is 11.4 Å². The van der Waals surface area contributed by atoms with Crippen molar-refractivity contribution in [2.24, 2.45) is 0 Å². The number of nitrogens with zero attached hydrogens (tertiary/aromatic N) is 3. The molecular formula is C16H16FN3S. The zero-order chi connectivity index (χ0) is 14.8. The molecule has 0 fully saturated rings. The van der Waals surface area contributed by atoms with Gasteiger partial charge in [-0.3, -0.25) is 0 Å². The SMILES string of the molecule is CCc1nc(C)sc1Cn1ccnc1-c1ccccc1F. The van der Waals surface area contributed by atoms with E-state index in [1.807, 2.05) is 23.8 Å². The van der Waals surface area contributed by atoms with Crippen molar-refractivity contribution in [1.82, 2.24) is 14.5 Å². The first kappa shape index (κ1) is 13.9. The summed E-state index contributed by atoms with van der Waals surface area (Å²) >= 11 is 1.69. The van der Waals surface area contributed by atoms with E-state index in [9.17, 15) is 4.39 Å². The van der Waals surface area contributed by atoms with E-state index >= 15 is 0 Å². The molecule has 0 aliphatic rings. The highest BCUT2D eigenvalue weighted by Crippen LogP contribution is 2.25. The van der Waals surface area contributed by atoms with Crippen LogP contribution in [0, 0.1) is 12.7 Å². The molecule has 0 atom stereocenters. The molecule has 0 saturated carbocycles. The summed E-state index contributed by atoms with van der Waals surface area (Å²) in [7, 11) is 0. The van der Waals surface area contributed by atoms with Gasteiger partial charge in [0.05, 0.1) is 22.8 Å². The van der Waals surface area contributed by atoms with E-state index in [1.54, 1.807) is 29.7 Å². The molecule has 0 unspecified atom stereocenters. The summed E-state index contributed by atoms with van der Waals surface area (Å²) in [6.45, 7) is 4.79. The number of hydrogen-bond acceptors (Lipinski definition) is 3. The summed E-state index contributed by atoms with van der Waals surface area (Å²) in [5.41, 5.74) is 1.65. The fourth-order valence-corrected chi connectivity index (χ4v) is 3.41. The highest BCUT2D eigenvalue weighted by molar-refractivity contribution is 7.11. The molecule has 3 nitrogen and oxygen atoms in total. The molecule has 0 radical (unpaired) electrons. The Morgan fingerprint density at radius 2 is 2.10 bits per heavy atom. The molecule has 21 heavy (non-hydrogen) atoms. The predicted molar refractivity (Wildman–Crippen MR) is 83.0 cm³/mol. The van der Waals surface area contributed by atoms with Gasteiger partial charge in [-0.1, -0.05) is 19.1 Å². The van der Waals surface area contributed by atoms with Crippen LogP contribution in [0.15, 0.2) is 36.7 Å². The van der Waals surface area contributed by atoms with E-state index in [-0.39, 0.29) is 5.82 Å². The van der Waals surface area contributed by atoms with Crippen molar-refractivity contribution in [3.05, 3.63) is 58.1 Å². The average Bonchev–Trinajstić information content (AvgIpc) is 3.06. The number of halogens is 1. The minimum atomic E-state index is -0.249. The maximum atomic E-state index is 14.0. The molecule has 0 aliphatic carbocycles. The van der Waals surface area contributed by atoms with Crippen LogP contribution in [0.2, 0.25) is 0 Å². The van der Waals surface area contributed by atoms with Gasteiger partial charge in [0.1, 0.15) is 11.6 Å². The number of hydrogen-bond donors (Lipinski definition) is 0. The molecule has 0 saturated heterocycles. The van der Waals surface area contributed by atoms with E-state index in [4.69, 9.17) is 0 Å². The van der Waals surface area contributed by atoms with Crippen LogP contribution in [-0.4, -0.2) is 14.5 Å². The molecular weight excluding hydrogens is 285 g/mol. The highest BCUT2D eigenvalue weighted by atomic mass is 32.1. The van der Waals surface area contributed by atoms with E-state index < -0.39 is 0 Å². The Kier molecular flexibility index (Phi) is 3.84. The van der Waals surface area contributed by atoms with Crippen LogP contribution in [0.5, 0.6) is 0 Å². The van der Waals surface area contributed by atoms with Gasteiger partial charge in [-0.05, 0) is 25.5 Å². The van der Waals surface area contributed by atoms with Crippen LogP contribution in [0.4, 0.5) is 4.39 Å². The van der Waals surface area contributed by atoms with Crippen LogP contribution in [0.1, 0.15) is 22.5 Å². The van der Waals surface area contributed by atoms with Crippen LogP contribution in [0.25, 0.3) is 11.4 Å². The third-order valence-electron chi connectivity index (χ3n) is 3.36. The third kappa shape index (κ3) is 2.74. The summed E-state index contributed by atoms with van der Waals surface area (Å²) in [5.74, 6) is 0.405. The van der Waals surface area contributed by atoms with E-state index in [2.05, 4.69) is 16.9 Å². The first-order valence-electron chi connectivity index (χ1n) is 6.90. The maximum Gasteiger partial charge on any atom is 0.143 e. The van der Waals surface area contributed by atoms with Crippen molar-refractivity contribution >= 4 is 11.3 Å². The number of aryl methyl sites for hydroxylation is 2. The molecule has 3 rings (SSSR count). The zero-order valence-corrected chi connectivity index (χ0v) is 12.8. The Hall–Kier alpha value is -2.01. The molecule has 0 amide bonds. The first-order valence-corrected chi connectivity index (χ1v) is 7.72. The molecule has 0 N–H and O–H groups in total. The summed E-state index contributed by atoms with van der Waals surface area (Å²) in [5, 5.41) is 1.06. The van der Waals surface area contributed by atoms with Crippen LogP contribution in [-0.2, 0) is 13.0 Å². The van der Waals surface area contributed by atoms with Gasteiger partial charge in [-0.15, -0.1) is 11.3 Å². The lowest BCUT2D eigenvalue weighted by Gasteiger charge is -2.08. The van der Waals surface area contributed by atoms with Gasteiger partial charge in [-0.2, -0.15) is 0 Å². The maximum absolute atomic E-state index is 14.0. The lowest BCUT2D eigenvalue weighted by molar-refractivity contribution is 0.628. The number of imidazole rings is 1. The van der Waals surface area contributed by atoms with Gasteiger partial charge in [-0.25, -0.2) is 14.4 Å². The second-order valence-corrected chi connectivity index (χ2v) is 6.10. The number of benzene rings is 1. The second kappa shape index (κ2) is 5.77. The number of thiazole rings is 1. The van der Waals surface area contributed by atoms with Crippen molar-refractivity contribution < 1.29 is 4.39 Å². The lowest BCUT2D eigenvalue weighted by Crippen LogP contribution is -2.02. The van der Waals surface area contributed by atoms with Crippen molar-refractivity contribution in [3.63, 3.8) is 0 Å². The second-order valence-electron chi connectivity index (χ2n) is 4.81. The van der Waals surface area contributed by atoms with Gasteiger partial charge in [0.2, 0.25) is 0 Å². The molecule has 2 aromatic heterocycles. The Labute approximate surface area is 127 Å². The zero-order valence-electron chi connectivity index (χ0n) is 12.0. The van der Waals surface area contributed by atoms with Gasteiger partial charge in [0, 0.05) is 17.3 Å². The van der Waals surface area contributed by atoms with E-state index in [1.165, 1.54) is 10.9 Å². The first-order chi connectivity index (χ1) is 10.2. The van der Waals surface area contributed by atoms with Crippen molar-refractivity contribution in [1.29, 1.82) is 0 Å². The summed E-state index contributed by atoms with van der Waals surface area (Å²) in [6.07, 6.45) is 4.50. The van der Waals surface area contributed by atoms with E-state index in [0.29, 0.717) is 17.9 Å². The molecule has 1 aromatic carbocycles. The quantitative estimate of drug-likeness (QED) is 0.727. The van der Waals surface area contributed by atoms with Crippen molar-refractivity contribution in [2.75, 3.05) is 0 Å². The topological polar surface area (TPSA) is 30.7 Å². The molecule has 2 heterocycles. The Morgan fingerprint density at radius 1 is 1.29 bits per heavy atom. The molecule has 108 valence electrons. The Balaban J connectivity index is 1.98. The fraction of sp³-hybridized carbons (Fsp3) is 0.250. The lowest BCUT2D eigenvalue weighted by atomic mass is 10.2. The minimum absolute atomic E-state index is 0.249. The Bertz CT molecular complexity index is 760. The highest BCUT2D eigenvalue weighted by Gasteiger charge is 2.13. The largest absolute Gasteiger partial charge is 0.326 e. The number of rotatable bonds is 4. The molecule has 0 spiro atoms. The number of aromatic nitrogens is 3. The summed E-state index contributed by atoms with van der Waals surface area (Å²) < 4.78 is 15.9. The van der Waals surface area contributed by atoms with E-state index in [0.717, 1.165) is 17.1 Å². The Morgan fingerprint density at radius 3 is 2.86 bits per heavy atom. The van der Waals surface area contributed by atoms with Gasteiger partial charge < -0.3 is 4.57 Å². The van der Waals surface area contributed by atoms with Gasteiger partial charge in [0.15, 0.2) is 0 Å². The normalized spacial score (nSPS) is 11.0. The predicted octanol–water partition coefficient (Wildman–Crippen LogP) is 4.06. The van der Waals surface area contributed by atoms with Crippen LogP contribution >= 0.6 is 11.3 Å². The summed E-state index contributed by atoms with van der Waals surface area (Å²) in [4.78, 5) is 10.1. The van der Waals surface area contributed by atoms with Crippen LogP contribution < -0.4 is 0 Å². The fourth-order valence-electron chi connectivity index (χ4n) is 2.39. The average molecular weight is 301 g/mol. The van der Waals surface area contributed by atoms with Gasteiger partial charge in [0.25, 0.3) is 0 Å². The molecule has 0 bridgehead atoms. The summed E-state index contributed by atoms with van der Waals surface area (Å²) in [6, 6.07) is 6.73. The molecule has 0 aliphatic heterocycles.